The minimum atomic E-state index is -3.74. The number of H-pyrrole nitrogens is 1. The Morgan fingerprint density at radius 3 is 3.04 bits per heavy atom. The van der Waals surface area contributed by atoms with E-state index in [0.29, 0.717) is 24.7 Å². The molecule has 1 aliphatic carbocycles. The molecule has 2 fully saturated rings. The minimum Gasteiger partial charge on any atom is -0.442 e. The summed E-state index contributed by atoms with van der Waals surface area (Å²) in [5, 5.41) is 6.47. The molecule has 2 aliphatic rings. The molecule has 2 aromatic heterocycles. The van der Waals surface area contributed by atoms with Crippen molar-refractivity contribution in [3.05, 3.63) is 24.4 Å². The molecule has 8 nitrogen and oxygen atoms in total. The smallest absolute Gasteiger partial charge is 0.274 e. The number of nitrogens with zero attached hydrogens (tertiary/aromatic N) is 1. The van der Waals surface area contributed by atoms with Gasteiger partial charge in [0.05, 0.1) is 12.7 Å². The number of fused-ring (bicyclic) bond motifs is 1. The molecule has 0 radical (unpaired) electrons. The molecule has 0 bridgehead atoms. The van der Waals surface area contributed by atoms with Gasteiger partial charge in [-0.05, 0) is 24.6 Å². The Labute approximate surface area is 139 Å². The summed E-state index contributed by atoms with van der Waals surface area (Å²) in [6.07, 6.45) is 2.51. The van der Waals surface area contributed by atoms with Crippen LogP contribution in [-0.2, 0) is 19.5 Å². The molecule has 2 aromatic rings. The maximum atomic E-state index is 12.6. The molecule has 1 saturated carbocycles. The van der Waals surface area contributed by atoms with Crippen LogP contribution in [0.25, 0.3) is 11.5 Å². The fourth-order valence-corrected chi connectivity index (χ4v) is 4.91. The first kappa shape index (κ1) is 15.8. The number of methoxy groups -OCH3 is 1. The standard InChI is InChI=1S/C15H19N3O5S/c1-21-8-10-14(9-5-7-22-15(9)10)18-24(19,20)13-3-2-12(23-13)11-4-6-16-17-11/h2-4,6,9-10,14-15,18H,5,7-8H2,1H3,(H,16,17)/t9-,10+,14+,15-/m0/s1. The highest BCUT2D eigenvalue weighted by Crippen LogP contribution is 2.44. The molecular weight excluding hydrogens is 334 g/mol. The fraction of sp³-hybridized carbons (Fsp3) is 0.533. The second kappa shape index (κ2) is 5.99. The predicted octanol–water partition coefficient (Wildman–Crippen LogP) is 0.998. The summed E-state index contributed by atoms with van der Waals surface area (Å²) in [5.41, 5.74) is 0.626. The van der Waals surface area contributed by atoms with E-state index in [2.05, 4.69) is 14.9 Å². The lowest BCUT2D eigenvalue weighted by molar-refractivity contribution is -0.0776. The Morgan fingerprint density at radius 2 is 2.29 bits per heavy atom. The van der Waals surface area contributed by atoms with Crippen LogP contribution in [-0.4, -0.2) is 51.1 Å². The number of aromatic nitrogens is 2. The zero-order valence-electron chi connectivity index (χ0n) is 13.1. The van der Waals surface area contributed by atoms with Crippen molar-refractivity contribution < 1.29 is 22.3 Å². The zero-order chi connectivity index (χ0) is 16.7. The molecule has 0 amide bonds. The second-order valence-corrected chi connectivity index (χ2v) is 7.79. The normalized spacial score (nSPS) is 29.4. The fourth-order valence-electron chi connectivity index (χ4n) is 3.63. The molecule has 0 spiro atoms. The van der Waals surface area contributed by atoms with Crippen molar-refractivity contribution in [3.8, 4) is 11.5 Å². The van der Waals surface area contributed by atoms with Gasteiger partial charge in [0.2, 0.25) is 5.09 Å². The monoisotopic (exact) mass is 353 g/mol. The van der Waals surface area contributed by atoms with Crippen molar-refractivity contribution in [2.45, 2.75) is 23.7 Å². The Morgan fingerprint density at radius 1 is 1.42 bits per heavy atom. The lowest BCUT2D eigenvalue weighted by Gasteiger charge is -2.47. The highest BCUT2D eigenvalue weighted by atomic mass is 32.2. The largest absolute Gasteiger partial charge is 0.442 e. The average molecular weight is 353 g/mol. The highest BCUT2D eigenvalue weighted by molar-refractivity contribution is 7.89. The van der Waals surface area contributed by atoms with Gasteiger partial charge in [-0.2, -0.15) is 5.10 Å². The number of hydrogen-bond acceptors (Lipinski definition) is 6. The summed E-state index contributed by atoms with van der Waals surface area (Å²) < 4.78 is 44.4. The highest BCUT2D eigenvalue weighted by Gasteiger charge is 2.55. The number of aromatic amines is 1. The lowest BCUT2D eigenvalue weighted by Crippen LogP contribution is -2.62. The van der Waals surface area contributed by atoms with Gasteiger partial charge in [-0.25, -0.2) is 13.1 Å². The van der Waals surface area contributed by atoms with Crippen LogP contribution in [0.1, 0.15) is 6.42 Å². The van der Waals surface area contributed by atoms with Crippen LogP contribution in [0.3, 0.4) is 0 Å². The van der Waals surface area contributed by atoms with Gasteiger partial charge >= 0.3 is 0 Å². The summed E-state index contributed by atoms with van der Waals surface area (Å²) in [4.78, 5) is 0. The van der Waals surface area contributed by atoms with E-state index in [1.807, 2.05) is 0 Å². The molecule has 24 heavy (non-hydrogen) atoms. The van der Waals surface area contributed by atoms with Crippen LogP contribution in [0.5, 0.6) is 0 Å². The van der Waals surface area contributed by atoms with E-state index in [1.54, 1.807) is 25.4 Å². The Bertz CT molecular complexity index is 801. The van der Waals surface area contributed by atoms with Gasteiger partial charge in [0.1, 0.15) is 5.69 Å². The van der Waals surface area contributed by atoms with E-state index in [1.165, 1.54) is 6.07 Å². The molecule has 3 heterocycles. The van der Waals surface area contributed by atoms with Gasteiger partial charge in [-0.1, -0.05) is 0 Å². The van der Waals surface area contributed by atoms with Crippen LogP contribution in [0.15, 0.2) is 33.9 Å². The quantitative estimate of drug-likeness (QED) is 0.802. The summed E-state index contributed by atoms with van der Waals surface area (Å²) in [6.45, 7) is 1.13. The molecule has 4 rings (SSSR count). The molecule has 0 aromatic carbocycles. The third kappa shape index (κ3) is 2.57. The zero-order valence-corrected chi connectivity index (χ0v) is 14.0. The topological polar surface area (TPSA) is 106 Å². The predicted molar refractivity (Wildman–Crippen MR) is 83.6 cm³/mol. The van der Waals surface area contributed by atoms with Gasteiger partial charge in [0, 0.05) is 37.8 Å². The number of hydrogen-bond donors (Lipinski definition) is 2. The van der Waals surface area contributed by atoms with Crippen LogP contribution in [0.2, 0.25) is 0 Å². The average Bonchev–Trinajstić information content (AvgIpc) is 3.30. The van der Waals surface area contributed by atoms with Crippen LogP contribution < -0.4 is 4.72 Å². The maximum Gasteiger partial charge on any atom is 0.274 e. The molecule has 130 valence electrons. The number of furan rings is 1. The Balaban J connectivity index is 1.53. The molecule has 9 heteroatoms. The molecule has 4 atom stereocenters. The molecule has 0 unspecified atom stereocenters. The number of nitrogens with one attached hydrogen (secondary N) is 2. The summed E-state index contributed by atoms with van der Waals surface area (Å²) in [6, 6.07) is 4.58. The van der Waals surface area contributed by atoms with Crippen LogP contribution in [0, 0.1) is 11.8 Å². The first-order valence-corrected chi connectivity index (χ1v) is 9.31. The Kier molecular flexibility index (Phi) is 3.95. The third-order valence-corrected chi connectivity index (χ3v) is 6.12. The number of sulfonamides is 1. The van der Waals surface area contributed by atoms with Crippen molar-refractivity contribution in [2.24, 2.45) is 11.8 Å². The first-order valence-electron chi connectivity index (χ1n) is 7.82. The van der Waals surface area contributed by atoms with Gasteiger partial charge in [0.15, 0.2) is 5.76 Å². The second-order valence-electron chi connectivity index (χ2n) is 6.14. The van der Waals surface area contributed by atoms with Crippen molar-refractivity contribution in [3.63, 3.8) is 0 Å². The van der Waals surface area contributed by atoms with Gasteiger partial charge < -0.3 is 13.9 Å². The van der Waals surface area contributed by atoms with Gasteiger partial charge in [-0.3, -0.25) is 5.10 Å². The van der Waals surface area contributed by atoms with Crippen molar-refractivity contribution >= 4 is 10.0 Å². The van der Waals surface area contributed by atoms with E-state index in [9.17, 15) is 8.42 Å². The minimum absolute atomic E-state index is 0.0271. The van der Waals surface area contributed by atoms with E-state index in [4.69, 9.17) is 13.9 Å². The number of ether oxygens (including phenoxy) is 2. The third-order valence-electron chi connectivity index (χ3n) is 4.79. The van der Waals surface area contributed by atoms with Crippen molar-refractivity contribution in [2.75, 3.05) is 20.3 Å². The maximum absolute atomic E-state index is 12.6. The lowest BCUT2D eigenvalue weighted by atomic mass is 9.68. The summed E-state index contributed by atoms with van der Waals surface area (Å²) in [7, 11) is -2.13. The van der Waals surface area contributed by atoms with E-state index in [-0.39, 0.29) is 29.1 Å². The van der Waals surface area contributed by atoms with E-state index >= 15 is 0 Å². The van der Waals surface area contributed by atoms with Crippen molar-refractivity contribution in [1.29, 1.82) is 0 Å². The van der Waals surface area contributed by atoms with E-state index < -0.39 is 10.0 Å². The molecule has 1 saturated heterocycles. The first-order chi connectivity index (χ1) is 11.6. The summed E-state index contributed by atoms with van der Waals surface area (Å²) in [5.74, 6) is 0.651. The molecular formula is C15H19N3O5S. The van der Waals surface area contributed by atoms with Crippen LogP contribution >= 0.6 is 0 Å². The van der Waals surface area contributed by atoms with Gasteiger partial charge in [0.25, 0.3) is 10.0 Å². The number of rotatable bonds is 6. The molecule has 1 aliphatic heterocycles. The summed E-state index contributed by atoms with van der Waals surface area (Å²) >= 11 is 0. The van der Waals surface area contributed by atoms with Crippen molar-refractivity contribution in [1.82, 2.24) is 14.9 Å². The Hall–Kier alpha value is -1.68. The SMILES string of the molecule is COC[C@@H]1[C@H](NS(=O)(=O)c2ccc(-c3ccn[nH]3)o2)[C@@H]2CCO[C@H]12. The molecule has 2 N–H and O–H groups in total. The van der Waals surface area contributed by atoms with Crippen LogP contribution in [0.4, 0.5) is 0 Å². The van der Waals surface area contributed by atoms with Gasteiger partial charge in [-0.15, -0.1) is 0 Å². The van der Waals surface area contributed by atoms with E-state index in [0.717, 1.165) is 6.42 Å².